The minimum absolute atomic E-state index is 0.0128. The molecule has 0 spiro atoms. The molecule has 0 fully saturated rings. The number of non-ortho nitro benzene ring substituents is 1. The number of hydrogen-bond acceptors (Lipinski definition) is 6. The molecule has 0 aromatic heterocycles. The van der Waals surface area contributed by atoms with Crippen LogP contribution < -0.4 is 10.1 Å². The number of rotatable bonds is 8. The van der Waals surface area contributed by atoms with Gasteiger partial charge in [-0.25, -0.2) is 4.79 Å². The molecule has 4 aromatic rings. The first-order valence-corrected chi connectivity index (χ1v) is 11.0. The molecule has 0 heterocycles. The van der Waals surface area contributed by atoms with E-state index in [-0.39, 0.29) is 18.2 Å². The van der Waals surface area contributed by atoms with Gasteiger partial charge in [-0.2, -0.15) is 0 Å². The molecule has 0 saturated carbocycles. The van der Waals surface area contributed by atoms with Crippen molar-refractivity contribution in [3.63, 3.8) is 0 Å². The number of amides is 1. The zero-order valence-corrected chi connectivity index (χ0v) is 19.3. The summed E-state index contributed by atoms with van der Waals surface area (Å²) >= 11 is 0. The Bertz CT molecular complexity index is 1360. The van der Waals surface area contributed by atoms with Crippen LogP contribution in [0.2, 0.25) is 0 Å². The lowest BCUT2D eigenvalue weighted by atomic mass is 10.1. The Morgan fingerprint density at radius 1 is 0.778 bits per heavy atom. The predicted octanol–water partition coefficient (Wildman–Crippen LogP) is 6.30. The summed E-state index contributed by atoms with van der Waals surface area (Å²) in [5.74, 6) is 0.296. The summed E-state index contributed by atoms with van der Waals surface area (Å²) in [6.07, 6.45) is 0. The van der Waals surface area contributed by atoms with Crippen LogP contribution in [0, 0.1) is 17.0 Å². The molecule has 0 radical (unpaired) electrons. The average Bonchev–Trinajstić information content (AvgIpc) is 2.89. The number of anilines is 1. The van der Waals surface area contributed by atoms with E-state index in [1.807, 2.05) is 19.1 Å². The summed E-state index contributed by atoms with van der Waals surface area (Å²) in [5.41, 5.74) is 3.30. The lowest BCUT2D eigenvalue weighted by molar-refractivity contribution is -0.384. The van der Waals surface area contributed by atoms with Crippen molar-refractivity contribution in [2.75, 3.05) is 5.32 Å². The second-order valence-electron chi connectivity index (χ2n) is 7.97. The number of nitrogens with zero attached hydrogens (tertiary/aromatic N) is 1. The highest BCUT2D eigenvalue weighted by Crippen LogP contribution is 2.24. The monoisotopic (exact) mass is 482 g/mol. The third-order valence-corrected chi connectivity index (χ3v) is 5.27. The van der Waals surface area contributed by atoms with E-state index in [1.54, 1.807) is 60.7 Å². The molecule has 0 bridgehead atoms. The normalized spacial score (nSPS) is 10.4. The average molecular weight is 482 g/mol. The maximum atomic E-state index is 12.4. The largest absolute Gasteiger partial charge is 0.457 e. The number of nitro benzene ring substituents is 1. The Morgan fingerprint density at radius 3 is 1.92 bits per heavy atom. The summed E-state index contributed by atoms with van der Waals surface area (Å²) in [5, 5.41) is 13.5. The van der Waals surface area contributed by atoms with Crippen molar-refractivity contribution in [3.8, 4) is 11.5 Å². The first-order valence-electron chi connectivity index (χ1n) is 11.0. The molecule has 4 rings (SSSR count). The number of ether oxygens (including phenoxy) is 2. The van der Waals surface area contributed by atoms with Crippen molar-refractivity contribution < 1.29 is 24.0 Å². The molecular weight excluding hydrogens is 460 g/mol. The van der Waals surface area contributed by atoms with Crippen molar-refractivity contribution >= 4 is 23.3 Å². The van der Waals surface area contributed by atoms with E-state index in [1.165, 1.54) is 24.3 Å². The topological polar surface area (TPSA) is 108 Å². The fourth-order valence-electron chi connectivity index (χ4n) is 3.26. The summed E-state index contributed by atoms with van der Waals surface area (Å²) in [4.78, 5) is 35.0. The smallest absolute Gasteiger partial charge is 0.338 e. The minimum atomic E-state index is -0.488. The van der Waals surface area contributed by atoms with E-state index in [0.717, 1.165) is 11.1 Å². The van der Waals surface area contributed by atoms with Crippen molar-refractivity contribution in [2.24, 2.45) is 0 Å². The van der Waals surface area contributed by atoms with Crippen molar-refractivity contribution in [1.29, 1.82) is 0 Å². The van der Waals surface area contributed by atoms with Crippen LogP contribution in [-0.2, 0) is 11.3 Å². The van der Waals surface area contributed by atoms with Crippen molar-refractivity contribution in [1.82, 2.24) is 0 Å². The van der Waals surface area contributed by atoms with Gasteiger partial charge in [-0.15, -0.1) is 0 Å². The second-order valence-corrected chi connectivity index (χ2v) is 7.97. The zero-order chi connectivity index (χ0) is 25.5. The number of hydrogen-bond donors (Lipinski definition) is 1. The van der Waals surface area contributed by atoms with Crippen LogP contribution in [0.15, 0.2) is 97.1 Å². The van der Waals surface area contributed by atoms with Gasteiger partial charge in [0, 0.05) is 23.4 Å². The lowest BCUT2D eigenvalue weighted by Crippen LogP contribution is -2.12. The Labute approximate surface area is 207 Å². The highest BCUT2D eigenvalue weighted by molar-refractivity contribution is 6.04. The second kappa shape index (κ2) is 11.0. The van der Waals surface area contributed by atoms with E-state index in [2.05, 4.69) is 5.32 Å². The standard InChI is InChI=1S/C28H22N2O6/c1-19-2-6-21(7-3-19)27(31)29-23-10-8-22(9-11-23)28(32)35-18-20-4-14-25(15-5-20)36-26-16-12-24(13-17-26)30(33)34/h2-17H,18H2,1H3,(H,29,31). The Balaban J connectivity index is 1.27. The Hall–Kier alpha value is -4.98. The van der Waals surface area contributed by atoms with E-state index in [9.17, 15) is 19.7 Å². The van der Waals surface area contributed by atoms with Crippen LogP contribution in [0.3, 0.4) is 0 Å². The number of carbonyl (C=O) groups is 2. The van der Waals surface area contributed by atoms with Crippen molar-refractivity contribution in [3.05, 3.63) is 129 Å². The molecule has 1 amide bonds. The molecule has 180 valence electrons. The fourth-order valence-corrected chi connectivity index (χ4v) is 3.26. The molecule has 1 N–H and O–H groups in total. The van der Waals surface area contributed by atoms with Crippen LogP contribution in [0.5, 0.6) is 11.5 Å². The lowest BCUT2D eigenvalue weighted by Gasteiger charge is -2.09. The molecule has 36 heavy (non-hydrogen) atoms. The van der Waals surface area contributed by atoms with Gasteiger partial charge < -0.3 is 14.8 Å². The first-order chi connectivity index (χ1) is 17.4. The quantitative estimate of drug-likeness (QED) is 0.179. The third kappa shape index (κ3) is 6.32. The van der Waals surface area contributed by atoms with Crippen LogP contribution in [0.1, 0.15) is 31.8 Å². The van der Waals surface area contributed by atoms with Gasteiger partial charge >= 0.3 is 5.97 Å². The molecule has 0 aliphatic heterocycles. The number of benzene rings is 4. The number of aryl methyl sites for hydroxylation is 1. The molecular formula is C28H22N2O6. The highest BCUT2D eigenvalue weighted by Gasteiger charge is 2.10. The number of carbonyl (C=O) groups excluding carboxylic acids is 2. The van der Waals surface area contributed by atoms with Gasteiger partial charge in [0.25, 0.3) is 11.6 Å². The van der Waals surface area contributed by atoms with Crippen LogP contribution in [0.25, 0.3) is 0 Å². The Kier molecular flexibility index (Phi) is 7.36. The predicted molar refractivity (Wildman–Crippen MR) is 134 cm³/mol. The van der Waals surface area contributed by atoms with Crippen LogP contribution in [0.4, 0.5) is 11.4 Å². The van der Waals surface area contributed by atoms with Gasteiger partial charge in [0.1, 0.15) is 18.1 Å². The maximum absolute atomic E-state index is 12.4. The number of nitro groups is 1. The minimum Gasteiger partial charge on any atom is -0.457 e. The molecule has 0 saturated heterocycles. The fraction of sp³-hybridized carbons (Fsp3) is 0.0714. The molecule has 8 nitrogen and oxygen atoms in total. The summed E-state index contributed by atoms with van der Waals surface area (Å²) in [7, 11) is 0. The van der Waals surface area contributed by atoms with Crippen LogP contribution >= 0.6 is 0 Å². The van der Waals surface area contributed by atoms with Gasteiger partial charge in [0.15, 0.2) is 0 Å². The van der Waals surface area contributed by atoms with E-state index in [4.69, 9.17) is 9.47 Å². The van der Waals surface area contributed by atoms with Gasteiger partial charge in [-0.3, -0.25) is 14.9 Å². The molecule has 0 aliphatic carbocycles. The van der Waals surface area contributed by atoms with Gasteiger partial charge in [0.2, 0.25) is 0 Å². The van der Waals surface area contributed by atoms with Crippen LogP contribution in [-0.4, -0.2) is 16.8 Å². The summed E-state index contributed by atoms with van der Waals surface area (Å²) < 4.78 is 11.1. The maximum Gasteiger partial charge on any atom is 0.338 e. The molecule has 0 aliphatic rings. The number of esters is 1. The molecule has 4 aromatic carbocycles. The van der Waals surface area contributed by atoms with E-state index < -0.39 is 10.9 Å². The summed E-state index contributed by atoms with van der Waals surface area (Å²) in [6, 6.07) is 26.5. The summed E-state index contributed by atoms with van der Waals surface area (Å²) in [6.45, 7) is 2.02. The highest BCUT2D eigenvalue weighted by atomic mass is 16.6. The van der Waals surface area contributed by atoms with E-state index >= 15 is 0 Å². The number of nitrogens with one attached hydrogen (secondary N) is 1. The molecule has 0 atom stereocenters. The SMILES string of the molecule is Cc1ccc(C(=O)Nc2ccc(C(=O)OCc3ccc(Oc4ccc([N+](=O)[O-])cc4)cc3)cc2)cc1. The van der Waals surface area contributed by atoms with Gasteiger partial charge in [0.05, 0.1) is 10.5 Å². The van der Waals surface area contributed by atoms with Crippen molar-refractivity contribution in [2.45, 2.75) is 13.5 Å². The van der Waals surface area contributed by atoms with E-state index in [0.29, 0.717) is 28.3 Å². The molecule has 8 heteroatoms. The Morgan fingerprint density at radius 2 is 1.33 bits per heavy atom. The first kappa shape index (κ1) is 24.2. The zero-order valence-electron chi connectivity index (χ0n) is 19.3. The molecule has 0 unspecified atom stereocenters. The van der Waals surface area contributed by atoms with Gasteiger partial charge in [-0.05, 0) is 73.2 Å². The third-order valence-electron chi connectivity index (χ3n) is 5.27. The van der Waals surface area contributed by atoms with Gasteiger partial charge in [-0.1, -0.05) is 29.8 Å².